The number of halogens is 1. The second-order valence-corrected chi connectivity index (χ2v) is 4.72. The lowest BCUT2D eigenvalue weighted by molar-refractivity contribution is 0.457. The molecule has 6 heteroatoms. The summed E-state index contributed by atoms with van der Waals surface area (Å²) in [6, 6.07) is 5.38. The number of rotatable bonds is 2. The minimum Gasteiger partial charge on any atom is -0.434 e. The van der Waals surface area contributed by atoms with Gasteiger partial charge in [-0.05, 0) is 28.9 Å². The Bertz CT molecular complexity index is 696. The van der Waals surface area contributed by atoms with E-state index in [0.29, 0.717) is 11.6 Å². The van der Waals surface area contributed by atoms with Crippen LogP contribution < -0.4 is 4.74 Å². The van der Waals surface area contributed by atoms with E-state index in [1.165, 1.54) is 0 Å². The zero-order chi connectivity index (χ0) is 12.5. The average Bonchev–Trinajstić information content (AvgIpc) is 2.71. The fourth-order valence-electron chi connectivity index (χ4n) is 1.69. The fraction of sp³-hybridized carbons (Fsp3) is 0.0833. The molecule has 0 aliphatic heterocycles. The van der Waals surface area contributed by atoms with E-state index in [2.05, 4.69) is 31.1 Å². The SMILES string of the molecule is Cc1cn2cc(Br)cc(Oc3cccnn3)c2n1. The second kappa shape index (κ2) is 4.38. The van der Waals surface area contributed by atoms with E-state index in [1.54, 1.807) is 18.3 Å². The maximum atomic E-state index is 5.70. The monoisotopic (exact) mass is 304 g/mol. The van der Waals surface area contributed by atoms with Gasteiger partial charge in [0.05, 0.1) is 5.69 Å². The maximum absolute atomic E-state index is 5.70. The Morgan fingerprint density at radius 2 is 2.22 bits per heavy atom. The van der Waals surface area contributed by atoms with Gasteiger partial charge in [0.25, 0.3) is 0 Å². The number of pyridine rings is 1. The zero-order valence-corrected chi connectivity index (χ0v) is 11.1. The lowest BCUT2D eigenvalue weighted by atomic mass is 10.4. The molecule has 3 heterocycles. The lowest BCUT2D eigenvalue weighted by Gasteiger charge is -2.05. The number of aromatic nitrogens is 4. The summed E-state index contributed by atoms with van der Waals surface area (Å²) in [7, 11) is 0. The van der Waals surface area contributed by atoms with Crippen LogP contribution in [0.15, 0.2) is 41.3 Å². The van der Waals surface area contributed by atoms with E-state index in [4.69, 9.17) is 4.74 Å². The first kappa shape index (κ1) is 11.2. The van der Waals surface area contributed by atoms with Gasteiger partial charge in [-0.15, -0.1) is 5.10 Å². The van der Waals surface area contributed by atoms with Gasteiger partial charge in [-0.2, -0.15) is 5.10 Å². The number of fused-ring (bicyclic) bond motifs is 1. The summed E-state index contributed by atoms with van der Waals surface area (Å²) >= 11 is 3.44. The normalized spacial score (nSPS) is 10.8. The van der Waals surface area contributed by atoms with E-state index >= 15 is 0 Å². The van der Waals surface area contributed by atoms with Crippen LogP contribution in [0, 0.1) is 6.92 Å². The van der Waals surface area contributed by atoms with Crippen molar-refractivity contribution in [1.29, 1.82) is 0 Å². The summed E-state index contributed by atoms with van der Waals surface area (Å²) < 4.78 is 8.52. The van der Waals surface area contributed by atoms with Crippen LogP contribution in [0.25, 0.3) is 5.65 Å². The Balaban J connectivity index is 2.10. The predicted molar refractivity (Wildman–Crippen MR) is 69.7 cm³/mol. The van der Waals surface area contributed by atoms with Gasteiger partial charge in [0.1, 0.15) is 0 Å². The number of ether oxygens (including phenoxy) is 1. The largest absolute Gasteiger partial charge is 0.434 e. The minimum absolute atomic E-state index is 0.443. The van der Waals surface area contributed by atoms with E-state index < -0.39 is 0 Å². The van der Waals surface area contributed by atoms with Gasteiger partial charge in [0, 0.05) is 35.2 Å². The molecule has 0 unspecified atom stereocenters. The highest BCUT2D eigenvalue weighted by atomic mass is 79.9. The van der Waals surface area contributed by atoms with E-state index in [9.17, 15) is 0 Å². The Kier molecular flexibility index (Phi) is 2.71. The molecule has 0 amide bonds. The molecule has 0 bridgehead atoms. The molecule has 0 saturated carbocycles. The molecule has 0 radical (unpaired) electrons. The number of hydrogen-bond acceptors (Lipinski definition) is 4. The standard InChI is InChI=1S/C12H9BrN4O/c1-8-6-17-7-9(13)5-10(12(17)15-8)18-11-3-2-4-14-16-11/h2-7H,1H3. The molecule has 18 heavy (non-hydrogen) atoms. The average molecular weight is 305 g/mol. The van der Waals surface area contributed by atoms with Gasteiger partial charge in [0.2, 0.25) is 5.88 Å². The topological polar surface area (TPSA) is 52.3 Å². The minimum atomic E-state index is 0.443. The first-order chi connectivity index (χ1) is 8.72. The number of hydrogen-bond donors (Lipinski definition) is 0. The highest BCUT2D eigenvalue weighted by Crippen LogP contribution is 2.27. The zero-order valence-electron chi connectivity index (χ0n) is 9.54. The van der Waals surface area contributed by atoms with Crippen LogP contribution in [0.1, 0.15) is 5.69 Å². The van der Waals surface area contributed by atoms with Crippen molar-refractivity contribution in [3.05, 3.63) is 47.0 Å². The Morgan fingerprint density at radius 1 is 1.33 bits per heavy atom. The lowest BCUT2D eigenvalue weighted by Crippen LogP contribution is -1.93. The molecule has 3 rings (SSSR count). The molecule has 5 nitrogen and oxygen atoms in total. The first-order valence-corrected chi connectivity index (χ1v) is 6.12. The third kappa shape index (κ3) is 2.06. The van der Waals surface area contributed by atoms with Crippen molar-refractivity contribution >= 4 is 21.6 Å². The van der Waals surface area contributed by atoms with Gasteiger partial charge in [-0.1, -0.05) is 0 Å². The Morgan fingerprint density at radius 3 is 3.00 bits per heavy atom. The third-order valence-corrected chi connectivity index (χ3v) is 2.80. The smallest absolute Gasteiger partial charge is 0.239 e. The third-order valence-electron chi connectivity index (χ3n) is 2.37. The van der Waals surface area contributed by atoms with Crippen LogP contribution in [-0.4, -0.2) is 19.6 Å². The molecule has 0 saturated heterocycles. The molecule has 0 spiro atoms. The summed E-state index contributed by atoms with van der Waals surface area (Å²) in [5, 5.41) is 7.67. The van der Waals surface area contributed by atoms with Crippen molar-refractivity contribution in [1.82, 2.24) is 19.6 Å². The molecule has 0 atom stereocenters. The van der Waals surface area contributed by atoms with Crippen molar-refractivity contribution in [3.8, 4) is 11.6 Å². The summed E-state index contributed by atoms with van der Waals surface area (Å²) in [5.74, 6) is 1.08. The summed E-state index contributed by atoms with van der Waals surface area (Å²) in [5.41, 5.74) is 1.68. The second-order valence-electron chi connectivity index (χ2n) is 3.80. The number of nitrogens with zero attached hydrogens (tertiary/aromatic N) is 4. The Labute approximate surface area is 112 Å². The van der Waals surface area contributed by atoms with Crippen molar-refractivity contribution in [2.45, 2.75) is 6.92 Å². The molecule has 0 aliphatic carbocycles. The summed E-state index contributed by atoms with van der Waals surface area (Å²) in [4.78, 5) is 4.42. The Hall–Kier alpha value is -1.95. The van der Waals surface area contributed by atoms with Crippen LogP contribution in [0.4, 0.5) is 0 Å². The summed E-state index contributed by atoms with van der Waals surface area (Å²) in [6.07, 6.45) is 5.46. The van der Waals surface area contributed by atoms with Crippen molar-refractivity contribution in [2.24, 2.45) is 0 Å². The highest BCUT2D eigenvalue weighted by Gasteiger charge is 2.09. The predicted octanol–water partition coefficient (Wildman–Crippen LogP) is 2.99. The van der Waals surface area contributed by atoms with Gasteiger partial charge >= 0.3 is 0 Å². The van der Waals surface area contributed by atoms with Gasteiger partial charge in [-0.25, -0.2) is 4.98 Å². The maximum Gasteiger partial charge on any atom is 0.239 e. The van der Waals surface area contributed by atoms with Crippen molar-refractivity contribution < 1.29 is 4.74 Å². The molecule has 3 aromatic heterocycles. The van der Waals surface area contributed by atoms with Crippen LogP contribution >= 0.6 is 15.9 Å². The van der Waals surface area contributed by atoms with E-state index in [1.807, 2.05) is 29.8 Å². The molecule has 3 aromatic rings. The summed E-state index contributed by atoms with van der Waals surface area (Å²) in [6.45, 7) is 1.94. The number of aryl methyl sites for hydroxylation is 1. The molecular formula is C12H9BrN4O. The molecule has 0 aliphatic rings. The van der Waals surface area contributed by atoms with E-state index in [-0.39, 0.29) is 0 Å². The van der Waals surface area contributed by atoms with Crippen molar-refractivity contribution in [3.63, 3.8) is 0 Å². The van der Waals surface area contributed by atoms with E-state index in [0.717, 1.165) is 15.8 Å². The van der Waals surface area contributed by atoms with Crippen LogP contribution in [0.2, 0.25) is 0 Å². The quantitative estimate of drug-likeness (QED) is 0.730. The molecule has 0 fully saturated rings. The van der Waals surface area contributed by atoms with Gasteiger partial charge in [0.15, 0.2) is 11.4 Å². The molecule has 90 valence electrons. The first-order valence-electron chi connectivity index (χ1n) is 5.33. The van der Waals surface area contributed by atoms with Crippen LogP contribution in [0.3, 0.4) is 0 Å². The number of imidazole rings is 1. The molecular weight excluding hydrogens is 296 g/mol. The van der Waals surface area contributed by atoms with Gasteiger partial charge in [-0.3, -0.25) is 0 Å². The van der Waals surface area contributed by atoms with Crippen molar-refractivity contribution in [2.75, 3.05) is 0 Å². The highest BCUT2D eigenvalue weighted by molar-refractivity contribution is 9.10. The van der Waals surface area contributed by atoms with Crippen LogP contribution in [0.5, 0.6) is 11.6 Å². The molecule has 0 aromatic carbocycles. The van der Waals surface area contributed by atoms with Crippen LogP contribution in [-0.2, 0) is 0 Å². The fourth-order valence-corrected chi connectivity index (χ4v) is 2.11. The molecule has 0 N–H and O–H groups in total. The van der Waals surface area contributed by atoms with Gasteiger partial charge < -0.3 is 9.14 Å².